The van der Waals surface area contributed by atoms with Crippen molar-refractivity contribution in [1.82, 2.24) is 9.97 Å². The predicted molar refractivity (Wildman–Crippen MR) is 195 cm³/mol. The van der Waals surface area contributed by atoms with Crippen LogP contribution in [0.1, 0.15) is 11.4 Å². The highest BCUT2D eigenvalue weighted by Gasteiger charge is 2.45. The number of hydrogen-bond donors (Lipinski definition) is 0. The third-order valence-electron chi connectivity index (χ3n) is 8.48. The number of hydrogen-bond acceptors (Lipinski definition) is 5. The molecule has 0 aliphatic carbocycles. The van der Waals surface area contributed by atoms with E-state index in [4.69, 9.17) is 21.3 Å². The molecular weight excluding hydrogens is 607 g/mol. The summed E-state index contributed by atoms with van der Waals surface area (Å²) in [5, 5.41) is 4.03. The molecule has 48 heavy (non-hydrogen) atoms. The quantitative estimate of drug-likeness (QED) is 0.155. The second-order valence-electron chi connectivity index (χ2n) is 11.8. The van der Waals surface area contributed by atoms with Crippen molar-refractivity contribution < 1.29 is 11.4 Å². The van der Waals surface area contributed by atoms with Gasteiger partial charge in [-0.05, 0) is 77.9 Å². The highest BCUT2D eigenvalue weighted by Crippen LogP contribution is 2.37. The van der Waals surface area contributed by atoms with Gasteiger partial charge in [-0.2, -0.15) is 0 Å². The molecule has 6 aromatic carbocycles. The average Bonchev–Trinajstić information content (AvgIpc) is 3.12. The molecule has 0 aliphatic rings. The summed E-state index contributed by atoms with van der Waals surface area (Å²) in [6, 6.07) is 51.5. The summed E-state index contributed by atoms with van der Waals surface area (Å²) < 4.78 is 20.2. The molecule has 2 heterocycles. The molecule has 8 rings (SSSR count). The third kappa shape index (κ3) is 5.96. The molecule has 0 spiro atoms. The van der Waals surface area contributed by atoms with Gasteiger partial charge in [-0.3, -0.25) is 0 Å². The molecule has 0 unspecified atom stereocenters. The number of rotatable bonds is 8. The van der Waals surface area contributed by atoms with E-state index in [-0.39, 0.29) is 0 Å². The van der Waals surface area contributed by atoms with E-state index in [1.165, 1.54) is 11.1 Å². The molecule has 5 nitrogen and oxygen atoms in total. The van der Waals surface area contributed by atoms with Crippen molar-refractivity contribution in [2.24, 2.45) is 0 Å². The van der Waals surface area contributed by atoms with Crippen LogP contribution in [0.2, 0.25) is 0 Å². The zero-order valence-corrected chi connectivity index (χ0v) is 27.8. The molecule has 0 fully saturated rings. The lowest BCUT2D eigenvalue weighted by atomic mass is 9.95. The van der Waals surface area contributed by atoms with E-state index >= 15 is 0 Å². The van der Waals surface area contributed by atoms with Gasteiger partial charge in [-0.1, -0.05) is 115 Å². The van der Waals surface area contributed by atoms with Gasteiger partial charge < -0.3 is 11.4 Å². The molecule has 0 atom stereocenters. The first-order valence-electron chi connectivity index (χ1n) is 16.0. The summed E-state index contributed by atoms with van der Waals surface area (Å²) in [5.74, 6) is 1.94. The van der Waals surface area contributed by atoms with E-state index in [1.54, 1.807) is 0 Å². The molecule has 6 heteroatoms. The van der Waals surface area contributed by atoms with Gasteiger partial charge in [0, 0.05) is 27.5 Å². The Hall–Kier alpha value is -5.67. The van der Waals surface area contributed by atoms with Gasteiger partial charge in [0.05, 0.1) is 5.75 Å². The van der Waals surface area contributed by atoms with E-state index in [2.05, 4.69) is 84.9 Å². The van der Waals surface area contributed by atoms with Crippen molar-refractivity contribution in [3.05, 3.63) is 163 Å². The first-order chi connectivity index (χ1) is 23.6. The number of para-hydroxylation sites is 2. The van der Waals surface area contributed by atoms with Crippen LogP contribution >= 0.6 is 0 Å². The van der Waals surface area contributed by atoms with Crippen molar-refractivity contribution in [2.75, 3.05) is 0 Å². The summed E-state index contributed by atoms with van der Waals surface area (Å²) in [5.41, 5.74) is 7.97. The molecule has 0 radical (unpaired) electrons. The number of nitrogens with zero attached hydrogens (tertiary/aromatic N) is 2. The lowest BCUT2D eigenvalue weighted by molar-refractivity contribution is 0.311. The van der Waals surface area contributed by atoms with E-state index in [9.17, 15) is 0 Å². The molecule has 0 N–H and O–H groups in total. The maximum Gasteiger partial charge on any atom is 1.20 e. The molecule has 230 valence electrons. The number of benzene rings is 6. The van der Waals surface area contributed by atoms with E-state index in [1.807, 2.05) is 80.6 Å². The molecule has 0 saturated heterocycles. The van der Waals surface area contributed by atoms with E-state index in [0.717, 1.165) is 55.1 Å². The van der Waals surface area contributed by atoms with Crippen LogP contribution in [0.3, 0.4) is 0 Å². The first kappa shape index (κ1) is 29.7. The van der Waals surface area contributed by atoms with Gasteiger partial charge in [-0.15, -0.1) is 0 Å². The standard InChI is InChI=1S/C22H16O.2C10H9NO.Al/c23-22-14-13-19(20-11-4-5-12-21(20)22)18-10-6-9-17(15-18)16-7-2-1-3-8-16;2*1-7-5-6-8-3-2-4-9(12)10(8)11-7;/h1-15,23H;2*2-6,12H,1H3;/q;;;+3/p-3. The average molecular weight is 639 g/mol. The van der Waals surface area contributed by atoms with Gasteiger partial charge in [0.2, 0.25) is 0 Å². The van der Waals surface area contributed by atoms with Gasteiger partial charge in [0.25, 0.3) is 0 Å². The Balaban J connectivity index is 1.21. The fraction of sp³-hybridized carbons (Fsp3) is 0.0476. The summed E-state index contributed by atoms with van der Waals surface area (Å²) in [7, 11) is 0. The fourth-order valence-corrected chi connectivity index (χ4v) is 7.48. The predicted octanol–water partition coefficient (Wildman–Crippen LogP) is 10.4. The zero-order valence-electron chi connectivity index (χ0n) is 26.6. The van der Waals surface area contributed by atoms with Crippen LogP contribution in [0.15, 0.2) is 152 Å². The van der Waals surface area contributed by atoms with Crippen molar-refractivity contribution in [1.29, 1.82) is 0 Å². The van der Waals surface area contributed by atoms with Crippen molar-refractivity contribution in [3.63, 3.8) is 0 Å². The Labute approximate surface area is 284 Å². The Bertz CT molecular complexity index is 2340. The summed E-state index contributed by atoms with van der Waals surface area (Å²) in [6.07, 6.45) is 0. The largest absolute Gasteiger partial charge is 1.20 e. The topological polar surface area (TPSA) is 53.5 Å². The van der Waals surface area contributed by atoms with Gasteiger partial charge >= 0.3 is 15.1 Å². The normalized spacial score (nSPS) is 11.1. The SMILES string of the molecule is Cc1ccc2cccc([O][Al]([O]c3ccc(-c4cccc(-c5ccccc5)c4)c4ccccc34)[O]c3cccc4ccc(C)nc34)c2n1. The highest BCUT2D eigenvalue weighted by atomic mass is 27.3. The highest BCUT2D eigenvalue weighted by molar-refractivity contribution is 6.40. The second kappa shape index (κ2) is 12.9. The van der Waals surface area contributed by atoms with Crippen molar-refractivity contribution >= 4 is 47.7 Å². The van der Waals surface area contributed by atoms with E-state index < -0.39 is 15.1 Å². The lowest BCUT2D eigenvalue weighted by Crippen LogP contribution is -2.37. The fourth-order valence-electron chi connectivity index (χ4n) is 6.13. The number of aryl methyl sites for hydroxylation is 2. The molecular formula is C42H31AlN2O3. The van der Waals surface area contributed by atoms with Crippen LogP contribution in [0.4, 0.5) is 0 Å². The monoisotopic (exact) mass is 638 g/mol. The molecule has 0 amide bonds. The van der Waals surface area contributed by atoms with Crippen LogP contribution in [0, 0.1) is 13.8 Å². The molecule has 8 aromatic rings. The Kier molecular flexibility index (Phi) is 7.96. The van der Waals surface area contributed by atoms with Crippen LogP contribution in [-0.4, -0.2) is 25.1 Å². The second-order valence-corrected chi connectivity index (χ2v) is 13.1. The molecule has 0 aliphatic heterocycles. The maximum atomic E-state index is 6.82. The van der Waals surface area contributed by atoms with Crippen LogP contribution in [0.5, 0.6) is 17.2 Å². The van der Waals surface area contributed by atoms with Gasteiger partial charge in [0.1, 0.15) is 22.5 Å². The Morgan fingerprint density at radius 2 is 0.958 bits per heavy atom. The van der Waals surface area contributed by atoms with Crippen molar-refractivity contribution in [3.8, 4) is 39.5 Å². The minimum atomic E-state index is -2.99. The number of pyridine rings is 2. The number of aromatic nitrogens is 2. The Morgan fingerprint density at radius 1 is 0.417 bits per heavy atom. The molecule has 2 aromatic heterocycles. The lowest BCUT2D eigenvalue weighted by Gasteiger charge is -2.20. The van der Waals surface area contributed by atoms with E-state index in [0.29, 0.717) is 17.2 Å². The maximum absolute atomic E-state index is 6.82. The van der Waals surface area contributed by atoms with Gasteiger partial charge in [-0.25, -0.2) is 9.97 Å². The molecule has 0 saturated carbocycles. The summed E-state index contributed by atoms with van der Waals surface area (Å²) in [6.45, 7) is 3.96. The minimum absolute atomic E-state index is 0.621. The van der Waals surface area contributed by atoms with Crippen molar-refractivity contribution in [2.45, 2.75) is 13.8 Å². The molecule has 0 bridgehead atoms. The van der Waals surface area contributed by atoms with Crippen LogP contribution in [-0.2, 0) is 0 Å². The van der Waals surface area contributed by atoms with Crippen LogP contribution < -0.4 is 11.4 Å². The van der Waals surface area contributed by atoms with Gasteiger partial charge in [0.15, 0.2) is 0 Å². The zero-order chi connectivity index (χ0) is 32.5. The summed E-state index contributed by atoms with van der Waals surface area (Å²) in [4.78, 5) is 9.60. The number of fused-ring (bicyclic) bond motifs is 3. The smallest absolute Gasteiger partial charge is 0.577 e. The Morgan fingerprint density at radius 3 is 1.62 bits per heavy atom. The third-order valence-corrected chi connectivity index (χ3v) is 9.82. The summed E-state index contributed by atoms with van der Waals surface area (Å²) >= 11 is -2.99. The minimum Gasteiger partial charge on any atom is -0.577 e. The first-order valence-corrected chi connectivity index (χ1v) is 17.4. The van der Waals surface area contributed by atoms with Crippen LogP contribution in [0.25, 0.3) is 54.8 Å².